The van der Waals surface area contributed by atoms with E-state index >= 15 is 0 Å². The Morgan fingerprint density at radius 2 is 1.90 bits per heavy atom. The van der Waals surface area contributed by atoms with E-state index in [1.807, 2.05) is 45.2 Å². The minimum atomic E-state index is -0.340. The summed E-state index contributed by atoms with van der Waals surface area (Å²) in [5, 5.41) is 15.2. The van der Waals surface area contributed by atoms with Gasteiger partial charge in [0.15, 0.2) is 11.0 Å². The van der Waals surface area contributed by atoms with E-state index in [1.165, 1.54) is 11.8 Å². The van der Waals surface area contributed by atoms with Crippen LogP contribution in [0.4, 0.5) is 5.69 Å². The van der Waals surface area contributed by atoms with Crippen LogP contribution in [0.1, 0.15) is 34.7 Å². The summed E-state index contributed by atoms with van der Waals surface area (Å²) in [5.74, 6) is 0.424. The number of aromatic nitrogens is 3. The topological polar surface area (TPSA) is 88.9 Å². The van der Waals surface area contributed by atoms with E-state index in [2.05, 4.69) is 20.8 Å². The van der Waals surface area contributed by atoms with E-state index < -0.39 is 0 Å². The molecule has 0 unspecified atom stereocenters. The Hall–Kier alpha value is -2.84. The van der Waals surface area contributed by atoms with Crippen molar-refractivity contribution in [2.75, 3.05) is 11.1 Å². The zero-order valence-corrected chi connectivity index (χ0v) is 18.4. The van der Waals surface area contributed by atoms with Gasteiger partial charge in [0.25, 0.3) is 5.91 Å². The van der Waals surface area contributed by atoms with Gasteiger partial charge in [0.2, 0.25) is 5.91 Å². The zero-order chi connectivity index (χ0) is 21.7. The first-order chi connectivity index (χ1) is 14.3. The van der Waals surface area contributed by atoms with Gasteiger partial charge in [-0.2, -0.15) is 0 Å². The number of aryl methyl sites for hydroxylation is 1. The Morgan fingerprint density at radius 3 is 2.63 bits per heavy atom. The highest BCUT2D eigenvalue weighted by Crippen LogP contribution is 2.22. The van der Waals surface area contributed by atoms with Gasteiger partial charge in [0.1, 0.15) is 0 Å². The van der Waals surface area contributed by atoms with Crippen molar-refractivity contribution in [2.45, 2.75) is 25.0 Å². The van der Waals surface area contributed by atoms with Crippen LogP contribution in [0.15, 0.2) is 53.7 Å². The number of carbonyl (C=O) groups excluding carboxylic acids is 2. The third kappa shape index (κ3) is 5.40. The number of amides is 2. The highest BCUT2D eigenvalue weighted by atomic mass is 35.5. The lowest BCUT2D eigenvalue weighted by Crippen LogP contribution is -2.28. The lowest BCUT2D eigenvalue weighted by molar-refractivity contribution is -0.113. The largest absolute Gasteiger partial charge is 0.342 e. The van der Waals surface area contributed by atoms with Crippen molar-refractivity contribution in [2.24, 2.45) is 7.05 Å². The molecular formula is C21H22ClN5O2S. The molecule has 2 aromatic carbocycles. The van der Waals surface area contributed by atoms with Crippen LogP contribution in [0.5, 0.6) is 0 Å². The van der Waals surface area contributed by atoms with Crippen LogP contribution in [0.25, 0.3) is 0 Å². The average Bonchev–Trinajstić information content (AvgIpc) is 3.10. The fourth-order valence-electron chi connectivity index (χ4n) is 2.81. The van der Waals surface area contributed by atoms with Crippen molar-refractivity contribution in [3.05, 3.63) is 70.5 Å². The molecule has 0 saturated carbocycles. The van der Waals surface area contributed by atoms with Crippen LogP contribution in [0.3, 0.4) is 0 Å². The summed E-state index contributed by atoms with van der Waals surface area (Å²) in [6, 6.07) is 14.0. The Balaban J connectivity index is 1.59. The first kappa shape index (κ1) is 21.9. The van der Waals surface area contributed by atoms with Gasteiger partial charge >= 0.3 is 0 Å². The third-order valence-electron chi connectivity index (χ3n) is 4.45. The second-order valence-corrected chi connectivity index (χ2v) is 8.14. The molecule has 3 rings (SSSR count). The molecule has 0 spiro atoms. The first-order valence-electron chi connectivity index (χ1n) is 9.29. The maximum Gasteiger partial charge on any atom is 0.251 e. The van der Waals surface area contributed by atoms with Gasteiger partial charge in [-0.05, 0) is 43.7 Å². The fourth-order valence-corrected chi connectivity index (χ4v) is 3.70. The van der Waals surface area contributed by atoms with E-state index in [0.717, 1.165) is 5.56 Å². The van der Waals surface area contributed by atoms with Gasteiger partial charge in [-0.1, -0.05) is 47.6 Å². The highest BCUT2D eigenvalue weighted by molar-refractivity contribution is 7.99. The Morgan fingerprint density at radius 1 is 1.17 bits per heavy atom. The molecule has 1 atom stereocenters. The lowest BCUT2D eigenvalue weighted by Gasteiger charge is -2.13. The molecular weight excluding hydrogens is 422 g/mol. The zero-order valence-electron chi connectivity index (χ0n) is 16.8. The van der Waals surface area contributed by atoms with Crippen LogP contribution >= 0.6 is 23.4 Å². The number of hydrogen-bond donors (Lipinski definition) is 2. The van der Waals surface area contributed by atoms with E-state index in [0.29, 0.717) is 27.3 Å². The monoisotopic (exact) mass is 443 g/mol. The molecule has 1 heterocycles. The Bertz CT molecular complexity index is 1050. The van der Waals surface area contributed by atoms with Crippen LogP contribution in [0.2, 0.25) is 5.02 Å². The summed E-state index contributed by atoms with van der Waals surface area (Å²) < 4.78 is 1.78. The number of hydrogen-bond acceptors (Lipinski definition) is 5. The van der Waals surface area contributed by atoms with E-state index in [1.54, 1.807) is 28.8 Å². The molecule has 0 aliphatic carbocycles. The van der Waals surface area contributed by atoms with Crippen molar-refractivity contribution < 1.29 is 9.59 Å². The molecule has 2 N–H and O–H groups in total. The van der Waals surface area contributed by atoms with E-state index in [9.17, 15) is 9.59 Å². The van der Waals surface area contributed by atoms with Gasteiger partial charge in [0, 0.05) is 23.3 Å². The molecule has 2 amide bonds. The molecule has 156 valence electrons. The van der Waals surface area contributed by atoms with Gasteiger partial charge in [-0.3, -0.25) is 9.59 Å². The lowest BCUT2D eigenvalue weighted by atomic mass is 10.2. The van der Waals surface area contributed by atoms with Crippen LogP contribution in [-0.2, 0) is 11.8 Å². The third-order valence-corrected chi connectivity index (χ3v) is 5.70. The number of nitrogens with one attached hydrogen (secondary N) is 2. The SMILES string of the molecule is Cc1ccc(Cl)cc1NC(=O)CSc1nnc([C@@H](C)NC(=O)c2ccccc2)n1C. The number of benzene rings is 2. The molecule has 30 heavy (non-hydrogen) atoms. The predicted molar refractivity (Wildman–Crippen MR) is 119 cm³/mol. The van der Waals surface area contributed by atoms with Crippen LogP contribution in [0, 0.1) is 6.92 Å². The van der Waals surface area contributed by atoms with Crippen molar-refractivity contribution >= 4 is 40.9 Å². The van der Waals surface area contributed by atoms with Crippen LogP contribution in [-0.4, -0.2) is 32.3 Å². The molecule has 3 aromatic rings. The maximum atomic E-state index is 12.4. The molecule has 0 fully saturated rings. The quantitative estimate of drug-likeness (QED) is 0.539. The number of halogens is 1. The average molecular weight is 444 g/mol. The summed E-state index contributed by atoms with van der Waals surface area (Å²) in [5.41, 5.74) is 2.19. The summed E-state index contributed by atoms with van der Waals surface area (Å²) in [7, 11) is 1.81. The number of nitrogens with zero attached hydrogens (tertiary/aromatic N) is 3. The normalized spacial score (nSPS) is 11.7. The summed E-state index contributed by atoms with van der Waals surface area (Å²) >= 11 is 7.26. The predicted octanol–water partition coefficient (Wildman–Crippen LogP) is 4.00. The minimum absolute atomic E-state index is 0.166. The second-order valence-electron chi connectivity index (χ2n) is 6.76. The molecule has 0 radical (unpaired) electrons. The number of thioether (sulfide) groups is 1. The Labute approximate surface area is 184 Å². The van der Waals surface area contributed by atoms with Crippen LogP contribution < -0.4 is 10.6 Å². The molecule has 0 bridgehead atoms. The molecule has 0 aliphatic heterocycles. The van der Waals surface area contributed by atoms with Crippen molar-refractivity contribution in [3.63, 3.8) is 0 Å². The van der Waals surface area contributed by atoms with Crippen molar-refractivity contribution in [3.8, 4) is 0 Å². The van der Waals surface area contributed by atoms with Crippen molar-refractivity contribution in [1.82, 2.24) is 20.1 Å². The maximum absolute atomic E-state index is 12.4. The van der Waals surface area contributed by atoms with Gasteiger partial charge in [-0.15, -0.1) is 10.2 Å². The summed E-state index contributed by atoms with van der Waals surface area (Å²) in [4.78, 5) is 24.7. The van der Waals surface area contributed by atoms with Gasteiger partial charge < -0.3 is 15.2 Å². The Kier molecular flexibility index (Phi) is 7.12. The first-order valence-corrected chi connectivity index (χ1v) is 10.7. The summed E-state index contributed by atoms with van der Waals surface area (Å²) in [6.45, 7) is 3.74. The molecule has 9 heteroatoms. The standard InChI is InChI=1S/C21H22ClN5O2S/c1-13-9-10-16(22)11-17(13)24-18(28)12-30-21-26-25-19(27(21)3)14(2)23-20(29)15-7-5-4-6-8-15/h4-11,14H,12H2,1-3H3,(H,23,29)(H,24,28)/t14-/m1/s1. The van der Waals surface area contributed by atoms with Gasteiger partial charge in [0.05, 0.1) is 11.8 Å². The minimum Gasteiger partial charge on any atom is -0.342 e. The number of rotatable bonds is 7. The second kappa shape index (κ2) is 9.77. The van der Waals surface area contributed by atoms with Crippen molar-refractivity contribution in [1.29, 1.82) is 0 Å². The number of carbonyl (C=O) groups is 2. The molecule has 0 aliphatic rings. The van der Waals surface area contributed by atoms with E-state index in [4.69, 9.17) is 11.6 Å². The molecule has 1 aromatic heterocycles. The molecule has 7 nitrogen and oxygen atoms in total. The number of anilines is 1. The molecule has 0 saturated heterocycles. The smallest absolute Gasteiger partial charge is 0.251 e. The highest BCUT2D eigenvalue weighted by Gasteiger charge is 2.19. The van der Waals surface area contributed by atoms with E-state index in [-0.39, 0.29) is 23.6 Å². The van der Waals surface area contributed by atoms with Gasteiger partial charge in [-0.25, -0.2) is 0 Å². The fraction of sp³-hybridized carbons (Fsp3) is 0.238. The summed E-state index contributed by atoms with van der Waals surface area (Å²) in [6.07, 6.45) is 0.